The molecule has 0 radical (unpaired) electrons. The predicted octanol–water partition coefficient (Wildman–Crippen LogP) is 3.30. The molecule has 7 nitrogen and oxygen atoms in total. The minimum absolute atomic E-state index is 0.151. The second-order valence-corrected chi connectivity index (χ2v) is 8.72. The molecule has 8 heteroatoms. The zero-order valence-corrected chi connectivity index (χ0v) is 18.7. The van der Waals surface area contributed by atoms with Gasteiger partial charge in [0.2, 0.25) is 11.8 Å². The molecule has 3 amide bonds. The summed E-state index contributed by atoms with van der Waals surface area (Å²) >= 11 is 1.32. The fourth-order valence-electron chi connectivity index (χ4n) is 3.85. The van der Waals surface area contributed by atoms with Crippen molar-refractivity contribution in [2.24, 2.45) is 0 Å². The number of thiophene rings is 1. The van der Waals surface area contributed by atoms with Crippen LogP contribution in [0.15, 0.2) is 42.0 Å². The van der Waals surface area contributed by atoms with Crippen molar-refractivity contribution >= 4 is 29.1 Å². The number of pyridine rings is 1. The molecular weight excluding hydrogens is 412 g/mol. The van der Waals surface area contributed by atoms with Gasteiger partial charge in [0.1, 0.15) is 6.04 Å². The zero-order valence-electron chi connectivity index (χ0n) is 17.9. The van der Waals surface area contributed by atoms with Crippen molar-refractivity contribution in [3.63, 3.8) is 0 Å². The van der Waals surface area contributed by atoms with E-state index in [4.69, 9.17) is 0 Å². The summed E-state index contributed by atoms with van der Waals surface area (Å²) < 4.78 is 0. The third kappa shape index (κ3) is 6.37. The maximum absolute atomic E-state index is 13.3. The molecule has 31 heavy (non-hydrogen) atoms. The second kappa shape index (κ2) is 11.6. The molecule has 0 saturated heterocycles. The molecule has 1 aliphatic rings. The molecule has 1 saturated carbocycles. The Morgan fingerprint density at radius 2 is 1.94 bits per heavy atom. The number of carbonyl (C=O) groups excluding carboxylic acids is 3. The largest absolute Gasteiger partial charge is 0.351 e. The molecule has 166 valence electrons. The molecule has 2 heterocycles. The summed E-state index contributed by atoms with van der Waals surface area (Å²) in [6.07, 6.45) is 9.07. The van der Waals surface area contributed by atoms with E-state index in [0.717, 1.165) is 44.1 Å². The van der Waals surface area contributed by atoms with E-state index in [1.54, 1.807) is 41.6 Å². The number of hydrogen-bond acceptors (Lipinski definition) is 5. The van der Waals surface area contributed by atoms with Crippen molar-refractivity contribution in [1.29, 1.82) is 0 Å². The van der Waals surface area contributed by atoms with Crippen LogP contribution < -0.4 is 10.6 Å². The number of nitrogens with one attached hydrogen (secondary N) is 2. The number of nitrogens with zero attached hydrogens (tertiary/aromatic N) is 2. The lowest BCUT2D eigenvalue weighted by Gasteiger charge is -2.32. The van der Waals surface area contributed by atoms with E-state index in [2.05, 4.69) is 15.6 Å². The van der Waals surface area contributed by atoms with Crippen molar-refractivity contribution < 1.29 is 14.4 Å². The first-order chi connectivity index (χ1) is 15.1. The Hall–Kier alpha value is -2.74. The van der Waals surface area contributed by atoms with Gasteiger partial charge in [0, 0.05) is 25.0 Å². The van der Waals surface area contributed by atoms with Crippen LogP contribution in [-0.4, -0.2) is 46.7 Å². The Labute approximate surface area is 187 Å². The van der Waals surface area contributed by atoms with E-state index >= 15 is 0 Å². The Morgan fingerprint density at radius 3 is 2.58 bits per heavy atom. The topological polar surface area (TPSA) is 91.4 Å². The molecule has 2 aromatic heterocycles. The van der Waals surface area contributed by atoms with Crippen molar-refractivity contribution in [2.45, 2.75) is 57.5 Å². The maximum atomic E-state index is 13.3. The summed E-state index contributed by atoms with van der Waals surface area (Å²) in [5.74, 6) is -0.733. The van der Waals surface area contributed by atoms with Gasteiger partial charge in [0.15, 0.2) is 0 Å². The Bertz CT molecular complexity index is 851. The summed E-state index contributed by atoms with van der Waals surface area (Å²) in [5.41, 5.74) is 0.722. The standard InChI is InChI=1S/C23H30N4O3S/c1-2-3-14-27(20(28)16-25-22(29)19-9-6-15-31-19)21(17-10-12-24-13-11-17)23(30)26-18-7-4-5-8-18/h6,9-13,15,18,21H,2-5,7-8,14,16H2,1H3,(H,25,29)(H,26,30)/t21-/m0/s1. The van der Waals surface area contributed by atoms with Gasteiger partial charge >= 0.3 is 0 Å². The van der Waals surface area contributed by atoms with Gasteiger partial charge < -0.3 is 15.5 Å². The number of hydrogen-bond donors (Lipinski definition) is 2. The van der Waals surface area contributed by atoms with Gasteiger partial charge in [-0.2, -0.15) is 0 Å². The fourth-order valence-corrected chi connectivity index (χ4v) is 4.49. The number of rotatable bonds is 10. The monoisotopic (exact) mass is 442 g/mol. The van der Waals surface area contributed by atoms with Gasteiger partial charge in [-0.1, -0.05) is 32.3 Å². The minimum Gasteiger partial charge on any atom is -0.351 e. The first-order valence-electron chi connectivity index (χ1n) is 10.9. The van der Waals surface area contributed by atoms with Crippen LogP contribution in [0.1, 0.15) is 66.7 Å². The molecule has 2 aromatic rings. The summed E-state index contributed by atoms with van der Waals surface area (Å²) in [7, 11) is 0. The molecule has 0 aromatic carbocycles. The number of aromatic nitrogens is 1. The molecule has 1 atom stereocenters. The quantitative estimate of drug-likeness (QED) is 0.591. The normalized spacial score (nSPS) is 14.7. The predicted molar refractivity (Wildman–Crippen MR) is 121 cm³/mol. The molecule has 0 bridgehead atoms. The van der Waals surface area contributed by atoms with Crippen LogP contribution in [-0.2, 0) is 9.59 Å². The molecule has 1 aliphatic carbocycles. The Balaban J connectivity index is 1.78. The van der Waals surface area contributed by atoms with Crippen molar-refractivity contribution in [2.75, 3.05) is 13.1 Å². The molecule has 3 rings (SSSR count). The van der Waals surface area contributed by atoms with E-state index in [9.17, 15) is 14.4 Å². The van der Waals surface area contributed by atoms with Gasteiger partial charge in [-0.15, -0.1) is 11.3 Å². The van der Waals surface area contributed by atoms with Gasteiger partial charge in [-0.25, -0.2) is 0 Å². The van der Waals surface area contributed by atoms with Crippen molar-refractivity contribution in [3.05, 3.63) is 52.5 Å². The minimum atomic E-state index is -0.749. The average Bonchev–Trinajstić information content (AvgIpc) is 3.49. The van der Waals surface area contributed by atoms with E-state index in [1.807, 2.05) is 12.3 Å². The average molecular weight is 443 g/mol. The SMILES string of the molecule is CCCCN(C(=O)CNC(=O)c1cccs1)[C@H](C(=O)NC1CCCC1)c1ccncc1. The van der Waals surface area contributed by atoms with E-state index in [-0.39, 0.29) is 30.3 Å². The summed E-state index contributed by atoms with van der Waals surface area (Å²) in [4.78, 5) is 45.0. The van der Waals surface area contributed by atoms with Crippen LogP contribution in [0.3, 0.4) is 0 Å². The first kappa shape index (κ1) is 22.9. The number of unbranched alkanes of at least 4 members (excludes halogenated alkanes) is 1. The smallest absolute Gasteiger partial charge is 0.261 e. The summed E-state index contributed by atoms with van der Waals surface area (Å²) in [5, 5.41) is 7.65. The van der Waals surface area contributed by atoms with E-state index < -0.39 is 6.04 Å². The van der Waals surface area contributed by atoms with Crippen molar-refractivity contribution in [1.82, 2.24) is 20.5 Å². The molecule has 0 spiro atoms. The summed E-state index contributed by atoms with van der Waals surface area (Å²) in [6, 6.07) is 6.46. The highest BCUT2D eigenvalue weighted by molar-refractivity contribution is 7.12. The lowest BCUT2D eigenvalue weighted by Crippen LogP contribution is -2.49. The third-order valence-electron chi connectivity index (χ3n) is 5.50. The first-order valence-corrected chi connectivity index (χ1v) is 11.8. The van der Waals surface area contributed by atoms with E-state index in [0.29, 0.717) is 11.4 Å². The van der Waals surface area contributed by atoms with E-state index in [1.165, 1.54) is 11.3 Å². The number of carbonyl (C=O) groups is 3. The lowest BCUT2D eigenvalue weighted by molar-refractivity contribution is -0.140. The molecule has 0 unspecified atom stereocenters. The third-order valence-corrected chi connectivity index (χ3v) is 6.37. The van der Waals surface area contributed by atoms with Gasteiger partial charge in [0.25, 0.3) is 5.91 Å². The van der Waals surface area contributed by atoms with Crippen LogP contribution in [0.5, 0.6) is 0 Å². The highest BCUT2D eigenvalue weighted by atomic mass is 32.1. The van der Waals surface area contributed by atoms with Crippen LogP contribution in [0, 0.1) is 0 Å². The van der Waals surface area contributed by atoms with Gasteiger partial charge in [-0.05, 0) is 48.4 Å². The van der Waals surface area contributed by atoms with Crippen LogP contribution in [0.25, 0.3) is 0 Å². The van der Waals surface area contributed by atoms with Crippen LogP contribution in [0.4, 0.5) is 0 Å². The zero-order chi connectivity index (χ0) is 22.1. The van der Waals surface area contributed by atoms with Crippen LogP contribution >= 0.6 is 11.3 Å². The molecule has 2 N–H and O–H groups in total. The Kier molecular flexibility index (Phi) is 8.58. The second-order valence-electron chi connectivity index (χ2n) is 7.77. The van der Waals surface area contributed by atoms with Crippen molar-refractivity contribution in [3.8, 4) is 0 Å². The van der Waals surface area contributed by atoms with Crippen LogP contribution in [0.2, 0.25) is 0 Å². The summed E-state index contributed by atoms with van der Waals surface area (Å²) in [6.45, 7) is 2.33. The molecular formula is C23H30N4O3S. The molecule has 1 fully saturated rings. The van der Waals surface area contributed by atoms with Gasteiger partial charge in [-0.3, -0.25) is 19.4 Å². The Morgan fingerprint density at radius 1 is 1.19 bits per heavy atom. The number of amides is 3. The lowest BCUT2D eigenvalue weighted by atomic mass is 10.0. The highest BCUT2D eigenvalue weighted by Gasteiger charge is 2.32. The molecule has 0 aliphatic heterocycles. The fraction of sp³-hybridized carbons (Fsp3) is 0.478. The van der Waals surface area contributed by atoms with Gasteiger partial charge in [0.05, 0.1) is 11.4 Å². The highest BCUT2D eigenvalue weighted by Crippen LogP contribution is 2.24. The maximum Gasteiger partial charge on any atom is 0.261 e.